The molecule has 7 heteroatoms. The number of carboxylic acids is 1. The highest BCUT2D eigenvalue weighted by molar-refractivity contribution is 8.00. The van der Waals surface area contributed by atoms with Crippen molar-refractivity contribution in [3.05, 3.63) is 29.8 Å². The highest BCUT2D eigenvalue weighted by Crippen LogP contribution is 2.25. The van der Waals surface area contributed by atoms with E-state index in [2.05, 4.69) is 0 Å². The van der Waals surface area contributed by atoms with Crippen LogP contribution in [0.3, 0.4) is 0 Å². The molecule has 1 aliphatic rings. The zero-order valence-electron chi connectivity index (χ0n) is 12.1. The van der Waals surface area contributed by atoms with E-state index in [0.717, 1.165) is 23.9 Å². The van der Waals surface area contributed by atoms with E-state index in [-0.39, 0.29) is 17.6 Å². The van der Waals surface area contributed by atoms with Crippen LogP contribution in [0.15, 0.2) is 23.1 Å². The average molecular weight is 329 g/mol. The fourth-order valence-corrected chi connectivity index (χ4v) is 3.37. The van der Waals surface area contributed by atoms with Crippen LogP contribution >= 0.6 is 11.8 Å². The van der Waals surface area contributed by atoms with E-state index in [9.17, 15) is 18.4 Å². The van der Waals surface area contributed by atoms with Crippen LogP contribution in [-0.2, 0) is 9.59 Å². The smallest absolute Gasteiger partial charge is 0.306 e. The van der Waals surface area contributed by atoms with Gasteiger partial charge in [0.2, 0.25) is 5.91 Å². The highest BCUT2D eigenvalue weighted by atomic mass is 32.2. The van der Waals surface area contributed by atoms with Gasteiger partial charge in [-0.2, -0.15) is 0 Å². The van der Waals surface area contributed by atoms with Gasteiger partial charge >= 0.3 is 5.97 Å². The number of amides is 1. The van der Waals surface area contributed by atoms with Crippen LogP contribution in [0.2, 0.25) is 0 Å². The number of carbonyl (C=O) groups excluding carboxylic acids is 1. The van der Waals surface area contributed by atoms with Gasteiger partial charge in [-0.1, -0.05) is 6.92 Å². The van der Waals surface area contributed by atoms with Gasteiger partial charge in [-0.3, -0.25) is 9.59 Å². The number of hydrogen-bond acceptors (Lipinski definition) is 3. The Hall–Kier alpha value is -1.63. The largest absolute Gasteiger partial charge is 0.481 e. The van der Waals surface area contributed by atoms with Gasteiger partial charge in [-0.25, -0.2) is 8.78 Å². The maximum absolute atomic E-state index is 13.1. The van der Waals surface area contributed by atoms with Crippen molar-refractivity contribution in [2.24, 2.45) is 11.8 Å². The van der Waals surface area contributed by atoms with Crippen LogP contribution < -0.4 is 0 Å². The summed E-state index contributed by atoms with van der Waals surface area (Å²) in [6.07, 6.45) is 0.443. The minimum Gasteiger partial charge on any atom is -0.481 e. The van der Waals surface area contributed by atoms with Crippen LogP contribution in [0.4, 0.5) is 8.78 Å². The fraction of sp³-hybridized carbons (Fsp3) is 0.467. The minimum atomic E-state index is -0.937. The van der Waals surface area contributed by atoms with Crippen LogP contribution in [0, 0.1) is 23.5 Å². The third kappa shape index (κ3) is 3.97. The molecular weight excluding hydrogens is 312 g/mol. The molecule has 1 aromatic rings. The van der Waals surface area contributed by atoms with Gasteiger partial charge in [0.1, 0.15) is 0 Å². The number of carboxylic acid groups (broad SMARTS) is 1. The summed E-state index contributed by atoms with van der Waals surface area (Å²) in [5, 5.41) is 9.06. The van der Waals surface area contributed by atoms with Crippen LogP contribution in [0.1, 0.15) is 13.3 Å². The molecule has 0 spiro atoms. The molecule has 0 aliphatic carbocycles. The third-order valence-electron chi connectivity index (χ3n) is 3.83. The van der Waals surface area contributed by atoms with Gasteiger partial charge in [-0.05, 0) is 30.5 Å². The number of aliphatic carboxylic acids is 1. The minimum absolute atomic E-state index is 0.0940. The maximum atomic E-state index is 13.1. The summed E-state index contributed by atoms with van der Waals surface area (Å²) in [6.45, 7) is 2.65. The number of nitrogens with zero attached hydrogens (tertiary/aromatic N) is 1. The molecule has 0 bridgehead atoms. The number of benzene rings is 1. The number of likely N-dealkylation sites (tertiary alicyclic amines) is 1. The van der Waals surface area contributed by atoms with Crippen molar-refractivity contribution >= 4 is 23.6 Å². The van der Waals surface area contributed by atoms with Crippen molar-refractivity contribution < 1.29 is 23.5 Å². The lowest BCUT2D eigenvalue weighted by molar-refractivity contribution is -0.147. The predicted octanol–water partition coefficient (Wildman–Crippen LogP) is 2.63. The van der Waals surface area contributed by atoms with Crippen molar-refractivity contribution in [3.8, 4) is 0 Å². The second-order valence-corrected chi connectivity index (χ2v) is 6.46. The topological polar surface area (TPSA) is 57.6 Å². The quantitative estimate of drug-likeness (QED) is 0.863. The lowest BCUT2D eigenvalue weighted by atomic mass is 9.87. The Kier molecular flexibility index (Phi) is 5.39. The molecule has 2 atom stereocenters. The van der Waals surface area contributed by atoms with E-state index in [4.69, 9.17) is 5.11 Å². The van der Waals surface area contributed by atoms with Crippen molar-refractivity contribution in [2.45, 2.75) is 18.2 Å². The van der Waals surface area contributed by atoms with E-state index in [0.29, 0.717) is 24.4 Å². The summed E-state index contributed by atoms with van der Waals surface area (Å²) >= 11 is 1.14. The zero-order valence-corrected chi connectivity index (χ0v) is 12.9. The zero-order chi connectivity index (χ0) is 16.3. The van der Waals surface area contributed by atoms with Crippen molar-refractivity contribution in [1.29, 1.82) is 0 Å². The van der Waals surface area contributed by atoms with Crippen molar-refractivity contribution in [2.75, 3.05) is 18.8 Å². The predicted molar refractivity (Wildman–Crippen MR) is 78.6 cm³/mol. The summed E-state index contributed by atoms with van der Waals surface area (Å²) in [5.41, 5.74) is 0. The molecular formula is C15H17F2NO3S. The highest BCUT2D eigenvalue weighted by Gasteiger charge is 2.32. The van der Waals surface area contributed by atoms with Crippen molar-refractivity contribution in [1.82, 2.24) is 4.90 Å². The van der Waals surface area contributed by atoms with E-state index in [1.807, 2.05) is 6.92 Å². The molecule has 4 nitrogen and oxygen atoms in total. The van der Waals surface area contributed by atoms with Gasteiger partial charge in [0.25, 0.3) is 0 Å². The third-order valence-corrected chi connectivity index (χ3v) is 4.81. The Bertz CT molecular complexity index is 582. The standard InChI is InChI=1S/C15H17F2NO3S/c1-9-7-18(5-4-11(9)15(20)21)14(19)8-22-10-2-3-12(16)13(17)6-10/h2-3,6,9,11H,4-5,7-8H2,1H3,(H,20,21). The second-order valence-electron chi connectivity index (χ2n) is 5.42. The lowest BCUT2D eigenvalue weighted by Gasteiger charge is -2.34. The number of hydrogen-bond donors (Lipinski definition) is 1. The summed E-state index contributed by atoms with van der Waals surface area (Å²) < 4.78 is 25.9. The van der Waals surface area contributed by atoms with E-state index < -0.39 is 23.5 Å². The molecule has 1 aromatic carbocycles. The summed E-state index contributed by atoms with van der Waals surface area (Å²) in [6, 6.07) is 3.52. The number of halogens is 2. The Morgan fingerprint density at radius 3 is 2.68 bits per heavy atom. The summed E-state index contributed by atoms with van der Waals surface area (Å²) in [4.78, 5) is 25.3. The second kappa shape index (κ2) is 7.09. The molecule has 2 unspecified atom stereocenters. The monoisotopic (exact) mass is 329 g/mol. The molecule has 1 fully saturated rings. The lowest BCUT2D eigenvalue weighted by Crippen LogP contribution is -2.45. The Morgan fingerprint density at radius 2 is 2.09 bits per heavy atom. The molecule has 0 radical (unpaired) electrons. The van der Waals surface area contributed by atoms with Gasteiger partial charge in [0, 0.05) is 18.0 Å². The molecule has 1 saturated heterocycles. The normalized spacial score (nSPS) is 21.7. The molecule has 1 heterocycles. The maximum Gasteiger partial charge on any atom is 0.306 e. The summed E-state index contributed by atoms with van der Waals surface area (Å²) in [7, 11) is 0. The summed E-state index contributed by atoms with van der Waals surface area (Å²) in [5.74, 6) is -3.18. The molecule has 22 heavy (non-hydrogen) atoms. The van der Waals surface area contributed by atoms with E-state index in [1.54, 1.807) is 4.90 Å². The Labute approximate surface area is 131 Å². The fourth-order valence-electron chi connectivity index (χ4n) is 2.54. The van der Waals surface area contributed by atoms with Gasteiger partial charge in [0.15, 0.2) is 11.6 Å². The molecule has 2 rings (SSSR count). The van der Waals surface area contributed by atoms with E-state index in [1.165, 1.54) is 6.07 Å². The van der Waals surface area contributed by atoms with Crippen LogP contribution in [-0.4, -0.2) is 40.7 Å². The SMILES string of the molecule is CC1CN(C(=O)CSc2ccc(F)c(F)c2)CCC1C(=O)O. The molecule has 1 amide bonds. The molecule has 0 saturated carbocycles. The van der Waals surface area contributed by atoms with Gasteiger partial charge < -0.3 is 10.0 Å². The van der Waals surface area contributed by atoms with Crippen LogP contribution in [0.25, 0.3) is 0 Å². The van der Waals surface area contributed by atoms with Crippen molar-refractivity contribution in [3.63, 3.8) is 0 Å². The number of piperidine rings is 1. The van der Waals surface area contributed by atoms with E-state index >= 15 is 0 Å². The first-order valence-corrected chi connectivity index (χ1v) is 7.95. The molecule has 1 aliphatic heterocycles. The first-order valence-electron chi connectivity index (χ1n) is 6.97. The van der Waals surface area contributed by atoms with Gasteiger partial charge in [0.05, 0.1) is 11.7 Å². The van der Waals surface area contributed by atoms with Crippen LogP contribution in [0.5, 0.6) is 0 Å². The Balaban J connectivity index is 1.88. The number of carbonyl (C=O) groups is 2. The Morgan fingerprint density at radius 1 is 1.36 bits per heavy atom. The number of thioether (sulfide) groups is 1. The molecule has 120 valence electrons. The first kappa shape index (κ1) is 16.7. The molecule has 0 aromatic heterocycles. The molecule has 1 N–H and O–H groups in total. The first-order chi connectivity index (χ1) is 10.4. The number of rotatable bonds is 4. The van der Waals surface area contributed by atoms with Gasteiger partial charge in [-0.15, -0.1) is 11.8 Å². The average Bonchev–Trinajstić information content (AvgIpc) is 2.47.